The highest BCUT2D eigenvalue weighted by Gasteiger charge is 2.30. The van der Waals surface area contributed by atoms with E-state index in [4.69, 9.17) is 39.5 Å². The van der Waals surface area contributed by atoms with Crippen molar-refractivity contribution < 1.29 is 56.6 Å². The van der Waals surface area contributed by atoms with Crippen LogP contribution in [0, 0.1) is 11.8 Å². The SMILES string of the molecule is CC(=O)OC[C@H](COP(=O)(O)OCC(COC(=O)[C@@H](N)C(C)C)OC(=O)[C@@H](N)C(C)C)OC(C)=O. The van der Waals surface area contributed by atoms with Crippen molar-refractivity contribution in [1.29, 1.82) is 0 Å². The largest absolute Gasteiger partial charge is 0.472 e. The summed E-state index contributed by atoms with van der Waals surface area (Å²) >= 11 is 0. The van der Waals surface area contributed by atoms with Crippen LogP contribution in [-0.2, 0) is 51.7 Å². The highest BCUT2D eigenvalue weighted by atomic mass is 31.2. The molecule has 204 valence electrons. The van der Waals surface area contributed by atoms with Crippen molar-refractivity contribution in [2.45, 2.75) is 65.8 Å². The molecule has 0 spiro atoms. The van der Waals surface area contributed by atoms with Gasteiger partial charge < -0.3 is 35.3 Å². The molecule has 2 unspecified atom stereocenters. The molecule has 14 nitrogen and oxygen atoms in total. The van der Waals surface area contributed by atoms with Crippen molar-refractivity contribution in [3.63, 3.8) is 0 Å². The number of hydrogen-bond acceptors (Lipinski definition) is 13. The molecular weight excluding hydrogens is 491 g/mol. The van der Waals surface area contributed by atoms with Gasteiger partial charge in [0, 0.05) is 13.8 Å². The van der Waals surface area contributed by atoms with Gasteiger partial charge in [0.05, 0.1) is 13.2 Å². The molecule has 0 amide bonds. The Bertz CT molecular complexity index is 760. The molecule has 0 aromatic carbocycles. The highest BCUT2D eigenvalue weighted by molar-refractivity contribution is 7.47. The first kappa shape index (κ1) is 32.9. The third-order valence-corrected chi connectivity index (χ3v) is 5.28. The second kappa shape index (κ2) is 15.8. The minimum Gasteiger partial charge on any atom is -0.462 e. The molecule has 0 fully saturated rings. The molecule has 35 heavy (non-hydrogen) atoms. The Morgan fingerprint density at radius 3 is 1.57 bits per heavy atom. The Morgan fingerprint density at radius 1 is 0.714 bits per heavy atom. The van der Waals surface area contributed by atoms with Crippen LogP contribution in [0.3, 0.4) is 0 Å². The molecule has 0 heterocycles. The van der Waals surface area contributed by atoms with Gasteiger partial charge in [0.15, 0.2) is 12.2 Å². The molecular formula is C20H37N2O12P. The first-order valence-corrected chi connectivity index (χ1v) is 12.4. The van der Waals surface area contributed by atoms with Crippen LogP contribution in [0.5, 0.6) is 0 Å². The zero-order chi connectivity index (χ0) is 27.3. The number of rotatable bonds is 16. The molecule has 0 aromatic heterocycles. The molecule has 15 heteroatoms. The third kappa shape index (κ3) is 14.8. The van der Waals surface area contributed by atoms with Gasteiger partial charge in [-0.2, -0.15) is 0 Å². The average Bonchev–Trinajstić information content (AvgIpc) is 2.75. The topological polar surface area (TPSA) is 213 Å². The molecule has 0 rings (SSSR count). The number of esters is 4. The van der Waals surface area contributed by atoms with Crippen LogP contribution in [0.25, 0.3) is 0 Å². The summed E-state index contributed by atoms with van der Waals surface area (Å²) in [4.78, 5) is 56.4. The van der Waals surface area contributed by atoms with E-state index < -0.39 is 82.4 Å². The molecule has 0 bridgehead atoms. The first-order valence-electron chi connectivity index (χ1n) is 10.9. The van der Waals surface area contributed by atoms with Crippen LogP contribution in [0.4, 0.5) is 0 Å². The minimum absolute atomic E-state index is 0.225. The van der Waals surface area contributed by atoms with Gasteiger partial charge >= 0.3 is 31.7 Å². The van der Waals surface area contributed by atoms with Crippen molar-refractivity contribution in [2.75, 3.05) is 26.4 Å². The summed E-state index contributed by atoms with van der Waals surface area (Å²) in [6, 6.07) is -1.94. The van der Waals surface area contributed by atoms with E-state index in [9.17, 15) is 28.6 Å². The second-order valence-corrected chi connectivity index (χ2v) is 9.78. The number of hydrogen-bond donors (Lipinski definition) is 3. The maximum absolute atomic E-state index is 12.3. The standard InChI is InChI=1S/C20H37N2O12P/c1-11(2)17(21)19(25)30-8-16(34-20(26)18(22)12(3)4)10-32-35(27,28)31-9-15(33-14(6)24)7-29-13(5)23/h11-12,15-18H,7-10,21-22H2,1-6H3,(H,27,28)/t15-,16?,17+,18+/m1/s1. The van der Waals surface area contributed by atoms with E-state index in [2.05, 4.69) is 0 Å². The summed E-state index contributed by atoms with van der Waals surface area (Å²) in [7, 11) is -4.78. The number of ether oxygens (including phenoxy) is 4. The quantitative estimate of drug-likeness (QED) is 0.137. The lowest BCUT2D eigenvalue weighted by Crippen LogP contribution is -2.42. The van der Waals surface area contributed by atoms with Crippen LogP contribution in [0.2, 0.25) is 0 Å². The van der Waals surface area contributed by atoms with Gasteiger partial charge in [-0.15, -0.1) is 0 Å². The predicted molar refractivity (Wildman–Crippen MR) is 120 cm³/mol. The fraction of sp³-hybridized carbons (Fsp3) is 0.800. The molecule has 0 aliphatic rings. The van der Waals surface area contributed by atoms with Gasteiger partial charge in [-0.3, -0.25) is 28.2 Å². The van der Waals surface area contributed by atoms with E-state index in [1.54, 1.807) is 27.7 Å². The Balaban J connectivity index is 5.16. The normalized spacial score (nSPS) is 16.5. The predicted octanol–water partition coefficient (Wildman–Crippen LogP) is 0.0364. The van der Waals surface area contributed by atoms with Gasteiger partial charge in [-0.05, 0) is 11.8 Å². The molecule has 0 aromatic rings. The summed E-state index contributed by atoms with van der Waals surface area (Å²) in [5, 5.41) is 0. The first-order chi connectivity index (χ1) is 16.1. The van der Waals surface area contributed by atoms with E-state index in [1.165, 1.54) is 0 Å². The van der Waals surface area contributed by atoms with Crippen molar-refractivity contribution in [1.82, 2.24) is 0 Å². The highest BCUT2D eigenvalue weighted by Crippen LogP contribution is 2.43. The van der Waals surface area contributed by atoms with Crippen molar-refractivity contribution >= 4 is 31.7 Å². The average molecular weight is 528 g/mol. The van der Waals surface area contributed by atoms with Gasteiger partial charge in [-0.1, -0.05) is 27.7 Å². The Labute approximate surface area is 204 Å². The van der Waals surface area contributed by atoms with E-state index >= 15 is 0 Å². The lowest BCUT2D eigenvalue weighted by Gasteiger charge is -2.24. The summed E-state index contributed by atoms with van der Waals surface area (Å²) in [5.41, 5.74) is 11.5. The van der Waals surface area contributed by atoms with Gasteiger partial charge in [0.25, 0.3) is 0 Å². The second-order valence-electron chi connectivity index (χ2n) is 8.32. The maximum atomic E-state index is 12.3. The molecule has 5 N–H and O–H groups in total. The van der Waals surface area contributed by atoms with Crippen LogP contribution in [0.15, 0.2) is 0 Å². The van der Waals surface area contributed by atoms with E-state index in [-0.39, 0.29) is 11.8 Å². The number of nitrogens with two attached hydrogens (primary N) is 2. The van der Waals surface area contributed by atoms with E-state index in [0.717, 1.165) is 13.8 Å². The van der Waals surface area contributed by atoms with Crippen LogP contribution < -0.4 is 11.5 Å². The van der Waals surface area contributed by atoms with Gasteiger partial charge in [0.2, 0.25) is 0 Å². The summed E-state index contributed by atoms with van der Waals surface area (Å²) in [6.07, 6.45) is -2.50. The fourth-order valence-electron chi connectivity index (χ4n) is 2.13. The lowest BCUT2D eigenvalue weighted by atomic mass is 10.1. The molecule has 0 aliphatic heterocycles. The fourth-order valence-corrected chi connectivity index (χ4v) is 2.91. The molecule has 5 atom stereocenters. The van der Waals surface area contributed by atoms with Gasteiger partial charge in [0.1, 0.15) is 25.3 Å². The minimum atomic E-state index is -4.78. The number of carbonyl (C=O) groups is 4. The molecule has 0 aliphatic carbocycles. The summed E-state index contributed by atoms with van der Waals surface area (Å²) in [5.74, 6) is -3.52. The molecule has 0 saturated heterocycles. The number of phosphoric ester groups is 1. The zero-order valence-corrected chi connectivity index (χ0v) is 21.7. The summed E-state index contributed by atoms with van der Waals surface area (Å²) in [6.45, 7) is 6.68. The Morgan fingerprint density at radius 2 is 1.14 bits per heavy atom. The van der Waals surface area contributed by atoms with Crippen LogP contribution in [0.1, 0.15) is 41.5 Å². The number of carbonyl (C=O) groups excluding carboxylic acids is 4. The smallest absolute Gasteiger partial charge is 0.462 e. The zero-order valence-electron chi connectivity index (χ0n) is 20.8. The van der Waals surface area contributed by atoms with Crippen LogP contribution in [-0.4, -0.2) is 79.5 Å². The number of phosphoric acid groups is 1. The Hall–Kier alpha value is -2.09. The molecule has 0 radical (unpaired) electrons. The molecule has 0 saturated carbocycles. The monoisotopic (exact) mass is 528 g/mol. The van der Waals surface area contributed by atoms with E-state index in [0.29, 0.717) is 0 Å². The van der Waals surface area contributed by atoms with Crippen molar-refractivity contribution in [3.05, 3.63) is 0 Å². The summed E-state index contributed by atoms with van der Waals surface area (Å²) < 4.78 is 41.7. The Kier molecular flexibility index (Phi) is 14.9. The maximum Gasteiger partial charge on any atom is 0.472 e. The van der Waals surface area contributed by atoms with E-state index in [1.807, 2.05) is 0 Å². The van der Waals surface area contributed by atoms with Gasteiger partial charge in [-0.25, -0.2) is 4.57 Å². The van der Waals surface area contributed by atoms with Crippen LogP contribution >= 0.6 is 7.82 Å². The van der Waals surface area contributed by atoms with Crippen molar-refractivity contribution in [2.24, 2.45) is 23.3 Å². The van der Waals surface area contributed by atoms with Crippen molar-refractivity contribution in [3.8, 4) is 0 Å². The third-order valence-electron chi connectivity index (χ3n) is 4.33. The lowest BCUT2D eigenvalue weighted by molar-refractivity contribution is -0.164.